The van der Waals surface area contributed by atoms with Crippen LogP contribution < -0.4 is 0 Å². The third-order valence-electron chi connectivity index (χ3n) is 5.50. The predicted octanol–water partition coefficient (Wildman–Crippen LogP) is 2.16. The van der Waals surface area contributed by atoms with Crippen LogP contribution in [0.2, 0.25) is 0 Å². The van der Waals surface area contributed by atoms with Gasteiger partial charge in [-0.25, -0.2) is 0 Å². The molecular formula is C18H25N5O. The summed E-state index contributed by atoms with van der Waals surface area (Å²) >= 11 is 0. The summed E-state index contributed by atoms with van der Waals surface area (Å²) in [5.74, 6) is 1.63. The van der Waals surface area contributed by atoms with Gasteiger partial charge in [0.1, 0.15) is 5.82 Å². The van der Waals surface area contributed by atoms with E-state index >= 15 is 0 Å². The summed E-state index contributed by atoms with van der Waals surface area (Å²) in [6.07, 6.45) is 6.83. The molecule has 0 N–H and O–H groups in total. The molecule has 1 amide bonds. The molecule has 2 aromatic heterocycles. The van der Waals surface area contributed by atoms with Crippen molar-refractivity contribution in [2.75, 3.05) is 32.7 Å². The molecule has 128 valence electrons. The standard InChI is InChI=1S/C18H25N5O/c1-2-21-9-11-22(12-10-21)18(24)15-7-8-16-19-20-17(23(16)13-15)14-5-3-4-6-14/h7-8,13-14H,2-6,9-12H2,1H3. The van der Waals surface area contributed by atoms with E-state index in [0.29, 0.717) is 5.92 Å². The van der Waals surface area contributed by atoms with Crippen LogP contribution in [0.1, 0.15) is 54.7 Å². The lowest BCUT2D eigenvalue weighted by molar-refractivity contribution is 0.0643. The number of rotatable bonds is 3. The Labute approximate surface area is 142 Å². The van der Waals surface area contributed by atoms with Crippen molar-refractivity contribution in [2.45, 2.75) is 38.5 Å². The smallest absolute Gasteiger partial charge is 0.255 e. The van der Waals surface area contributed by atoms with E-state index in [2.05, 4.69) is 22.0 Å². The van der Waals surface area contributed by atoms with Gasteiger partial charge in [0, 0.05) is 38.3 Å². The van der Waals surface area contributed by atoms with Crippen molar-refractivity contribution in [1.82, 2.24) is 24.4 Å². The zero-order valence-corrected chi connectivity index (χ0v) is 14.3. The topological polar surface area (TPSA) is 53.7 Å². The molecule has 2 fully saturated rings. The molecule has 1 aliphatic carbocycles. The van der Waals surface area contributed by atoms with Gasteiger partial charge in [-0.1, -0.05) is 19.8 Å². The van der Waals surface area contributed by atoms with Gasteiger partial charge in [-0.3, -0.25) is 9.20 Å². The Morgan fingerprint density at radius 1 is 1.12 bits per heavy atom. The second-order valence-corrected chi connectivity index (χ2v) is 6.91. The number of carbonyl (C=O) groups excluding carboxylic acids is 1. The minimum Gasteiger partial charge on any atom is -0.336 e. The maximum absolute atomic E-state index is 12.8. The Kier molecular flexibility index (Phi) is 4.22. The quantitative estimate of drug-likeness (QED) is 0.867. The van der Waals surface area contributed by atoms with Gasteiger partial charge in [-0.15, -0.1) is 10.2 Å². The highest BCUT2D eigenvalue weighted by atomic mass is 16.2. The highest BCUT2D eigenvalue weighted by Crippen LogP contribution is 2.33. The lowest BCUT2D eigenvalue weighted by atomic mass is 10.1. The van der Waals surface area contributed by atoms with Crippen molar-refractivity contribution in [2.24, 2.45) is 0 Å². The Hall–Kier alpha value is -1.95. The van der Waals surface area contributed by atoms with Gasteiger partial charge < -0.3 is 9.80 Å². The number of hydrogen-bond donors (Lipinski definition) is 0. The van der Waals surface area contributed by atoms with Gasteiger partial charge in [-0.05, 0) is 31.5 Å². The summed E-state index contributed by atoms with van der Waals surface area (Å²) in [5.41, 5.74) is 1.58. The Bertz CT molecular complexity index is 726. The number of carbonyl (C=O) groups is 1. The predicted molar refractivity (Wildman–Crippen MR) is 92.2 cm³/mol. The molecule has 1 saturated carbocycles. The number of nitrogens with zero attached hydrogens (tertiary/aromatic N) is 5. The Morgan fingerprint density at radius 2 is 1.88 bits per heavy atom. The Balaban J connectivity index is 1.58. The SMILES string of the molecule is CCN1CCN(C(=O)c2ccc3nnc(C4CCCC4)n3c2)CC1. The molecular weight excluding hydrogens is 302 g/mol. The molecule has 0 bridgehead atoms. The molecule has 3 heterocycles. The van der Waals surface area contributed by atoms with Gasteiger partial charge in [0.05, 0.1) is 5.56 Å². The van der Waals surface area contributed by atoms with E-state index in [9.17, 15) is 4.79 Å². The number of hydrogen-bond acceptors (Lipinski definition) is 4. The molecule has 1 saturated heterocycles. The number of pyridine rings is 1. The van der Waals surface area contributed by atoms with Crippen molar-refractivity contribution in [1.29, 1.82) is 0 Å². The van der Waals surface area contributed by atoms with Crippen molar-refractivity contribution in [3.63, 3.8) is 0 Å². The third-order valence-corrected chi connectivity index (χ3v) is 5.50. The summed E-state index contributed by atoms with van der Waals surface area (Å²) in [6, 6.07) is 3.80. The summed E-state index contributed by atoms with van der Waals surface area (Å²) in [4.78, 5) is 17.2. The van der Waals surface area contributed by atoms with Gasteiger partial charge in [0.25, 0.3) is 5.91 Å². The van der Waals surface area contributed by atoms with Crippen LogP contribution in [0.15, 0.2) is 18.3 Å². The van der Waals surface area contributed by atoms with E-state index in [-0.39, 0.29) is 5.91 Å². The van der Waals surface area contributed by atoms with Gasteiger partial charge in [0.2, 0.25) is 0 Å². The molecule has 6 heteroatoms. The highest BCUT2D eigenvalue weighted by molar-refractivity contribution is 5.94. The van der Waals surface area contributed by atoms with Gasteiger partial charge in [-0.2, -0.15) is 0 Å². The fourth-order valence-electron chi connectivity index (χ4n) is 3.95. The average Bonchev–Trinajstić information content (AvgIpc) is 3.29. The highest BCUT2D eigenvalue weighted by Gasteiger charge is 2.24. The number of likely N-dealkylation sites (N-methyl/N-ethyl adjacent to an activating group) is 1. The summed E-state index contributed by atoms with van der Waals surface area (Å²) in [5, 5.41) is 8.67. The lowest BCUT2D eigenvalue weighted by Crippen LogP contribution is -2.48. The molecule has 2 aromatic rings. The van der Waals surface area contributed by atoms with Crippen LogP contribution in [-0.4, -0.2) is 63.0 Å². The molecule has 4 rings (SSSR count). The van der Waals surface area contributed by atoms with E-state index in [1.165, 1.54) is 25.7 Å². The maximum Gasteiger partial charge on any atom is 0.255 e. The van der Waals surface area contributed by atoms with Crippen molar-refractivity contribution < 1.29 is 4.79 Å². The molecule has 0 spiro atoms. The number of aromatic nitrogens is 3. The summed E-state index contributed by atoms with van der Waals surface area (Å²) in [7, 11) is 0. The minimum absolute atomic E-state index is 0.124. The van der Waals surface area contributed by atoms with Crippen LogP contribution in [0.3, 0.4) is 0 Å². The monoisotopic (exact) mass is 327 g/mol. The molecule has 2 aliphatic rings. The van der Waals surface area contributed by atoms with Crippen LogP contribution >= 0.6 is 0 Å². The van der Waals surface area contributed by atoms with E-state index in [0.717, 1.165) is 49.8 Å². The second-order valence-electron chi connectivity index (χ2n) is 6.91. The van der Waals surface area contributed by atoms with Crippen molar-refractivity contribution in [3.8, 4) is 0 Å². The molecule has 6 nitrogen and oxygen atoms in total. The van der Waals surface area contributed by atoms with Gasteiger partial charge in [0.15, 0.2) is 5.65 Å². The van der Waals surface area contributed by atoms with Crippen LogP contribution in [0.4, 0.5) is 0 Å². The van der Waals surface area contributed by atoms with Crippen molar-refractivity contribution in [3.05, 3.63) is 29.7 Å². The van der Waals surface area contributed by atoms with Crippen LogP contribution in [0, 0.1) is 0 Å². The first-order valence-corrected chi connectivity index (χ1v) is 9.12. The maximum atomic E-state index is 12.8. The molecule has 0 aromatic carbocycles. The lowest BCUT2D eigenvalue weighted by Gasteiger charge is -2.34. The first-order valence-electron chi connectivity index (χ1n) is 9.12. The van der Waals surface area contributed by atoms with Crippen LogP contribution in [-0.2, 0) is 0 Å². The van der Waals surface area contributed by atoms with Gasteiger partial charge >= 0.3 is 0 Å². The van der Waals surface area contributed by atoms with Crippen molar-refractivity contribution >= 4 is 11.6 Å². The zero-order valence-electron chi connectivity index (χ0n) is 14.3. The molecule has 0 radical (unpaired) electrons. The first kappa shape index (κ1) is 15.6. The fraction of sp³-hybridized carbons (Fsp3) is 0.611. The minimum atomic E-state index is 0.124. The average molecular weight is 327 g/mol. The van der Waals surface area contributed by atoms with E-state index in [4.69, 9.17) is 0 Å². The molecule has 0 atom stereocenters. The van der Waals surface area contributed by atoms with Crippen LogP contribution in [0.5, 0.6) is 0 Å². The summed E-state index contributed by atoms with van der Waals surface area (Å²) in [6.45, 7) is 6.76. The number of fused-ring (bicyclic) bond motifs is 1. The summed E-state index contributed by atoms with van der Waals surface area (Å²) < 4.78 is 2.03. The largest absolute Gasteiger partial charge is 0.336 e. The van der Waals surface area contributed by atoms with E-state index < -0.39 is 0 Å². The number of piperazine rings is 1. The normalized spacial score (nSPS) is 20.1. The third kappa shape index (κ3) is 2.79. The van der Waals surface area contributed by atoms with Crippen LogP contribution in [0.25, 0.3) is 5.65 Å². The second kappa shape index (κ2) is 6.51. The Morgan fingerprint density at radius 3 is 2.58 bits per heavy atom. The molecule has 24 heavy (non-hydrogen) atoms. The molecule has 1 aliphatic heterocycles. The first-order chi connectivity index (χ1) is 11.8. The molecule has 0 unspecified atom stereocenters. The van der Waals surface area contributed by atoms with E-state index in [1.54, 1.807) is 0 Å². The number of amides is 1. The van der Waals surface area contributed by atoms with E-state index in [1.807, 2.05) is 27.6 Å². The fourth-order valence-corrected chi connectivity index (χ4v) is 3.95. The zero-order chi connectivity index (χ0) is 16.5.